The van der Waals surface area contributed by atoms with Crippen molar-refractivity contribution >= 4 is 5.97 Å². The Kier molecular flexibility index (Phi) is 4.17. The fraction of sp³-hybridized carbons (Fsp3) is 0.417. The molecule has 1 unspecified atom stereocenters. The normalized spacial score (nSPS) is 17.9. The summed E-state index contributed by atoms with van der Waals surface area (Å²) in [6.45, 7) is 7.04. The molecule has 14 heavy (non-hydrogen) atoms. The van der Waals surface area contributed by atoms with E-state index in [1.807, 2.05) is 0 Å². The topological polar surface area (TPSA) is 26.3 Å². The SMILES string of the molecule is C=CC(=O)OC(C=C)C1=CCCCC1. The fourth-order valence-corrected chi connectivity index (χ4v) is 1.57. The Balaban J connectivity index is 2.60. The summed E-state index contributed by atoms with van der Waals surface area (Å²) in [6, 6.07) is 0. The standard InChI is InChI=1S/C12H16O2/c1-3-11(14-12(13)4-2)10-8-6-5-7-9-10/h3-4,8,11H,1-2,5-7,9H2. The van der Waals surface area contributed by atoms with Crippen molar-refractivity contribution < 1.29 is 9.53 Å². The highest BCUT2D eigenvalue weighted by Gasteiger charge is 2.15. The highest BCUT2D eigenvalue weighted by Crippen LogP contribution is 2.22. The van der Waals surface area contributed by atoms with Gasteiger partial charge in [0.15, 0.2) is 0 Å². The monoisotopic (exact) mass is 192 g/mol. The van der Waals surface area contributed by atoms with Crippen molar-refractivity contribution in [3.63, 3.8) is 0 Å². The van der Waals surface area contributed by atoms with E-state index in [-0.39, 0.29) is 12.1 Å². The summed E-state index contributed by atoms with van der Waals surface area (Å²) in [4.78, 5) is 11.0. The summed E-state index contributed by atoms with van der Waals surface area (Å²) in [5.41, 5.74) is 1.17. The number of allylic oxidation sites excluding steroid dienone is 1. The molecule has 0 fully saturated rings. The Morgan fingerprint density at radius 3 is 2.79 bits per heavy atom. The predicted octanol–water partition coefficient (Wildman–Crippen LogP) is 2.77. The third-order valence-corrected chi connectivity index (χ3v) is 2.32. The van der Waals surface area contributed by atoms with Crippen molar-refractivity contribution in [3.8, 4) is 0 Å². The van der Waals surface area contributed by atoms with Gasteiger partial charge in [-0.15, -0.1) is 0 Å². The molecule has 0 amide bonds. The molecule has 2 nitrogen and oxygen atoms in total. The number of ether oxygens (including phenoxy) is 1. The van der Waals surface area contributed by atoms with Gasteiger partial charge in [-0.25, -0.2) is 4.79 Å². The van der Waals surface area contributed by atoms with Crippen LogP contribution in [-0.4, -0.2) is 12.1 Å². The first kappa shape index (κ1) is 10.8. The van der Waals surface area contributed by atoms with E-state index in [4.69, 9.17) is 4.74 Å². The zero-order valence-corrected chi connectivity index (χ0v) is 8.37. The molecule has 0 spiro atoms. The van der Waals surface area contributed by atoms with Gasteiger partial charge >= 0.3 is 5.97 Å². The molecule has 0 heterocycles. The molecule has 1 aliphatic carbocycles. The Morgan fingerprint density at radius 2 is 2.29 bits per heavy atom. The third-order valence-electron chi connectivity index (χ3n) is 2.32. The quantitative estimate of drug-likeness (QED) is 0.389. The van der Waals surface area contributed by atoms with Gasteiger partial charge in [0, 0.05) is 6.08 Å². The van der Waals surface area contributed by atoms with Gasteiger partial charge in [0.25, 0.3) is 0 Å². The van der Waals surface area contributed by atoms with Gasteiger partial charge in [-0.3, -0.25) is 0 Å². The lowest BCUT2D eigenvalue weighted by molar-refractivity contribution is -0.139. The average Bonchev–Trinajstić information content (AvgIpc) is 2.26. The summed E-state index contributed by atoms with van der Waals surface area (Å²) < 4.78 is 5.14. The molecule has 0 aromatic heterocycles. The van der Waals surface area contributed by atoms with Crippen molar-refractivity contribution in [2.75, 3.05) is 0 Å². The number of esters is 1. The molecule has 0 bridgehead atoms. The molecule has 0 aromatic rings. The van der Waals surface area contributed by atoms with Crippen molar-refractivity contribution in [1.29, 1.82) is 0 Å². The molecule has 0 aliphatic heterocycles. The summed E-state index contributed by atoms with van der Waals surface area (Å²) in [7, 11) is 0. The molecule has 1 aliphatic rings. The van der Waals surface area contributed by atoms with Crippen LogP contribution in [0, 0.1) is 0 Å². The van der Waals surface area contributed by atoms with Crippen LogP contribution in [0.15, 0.2) is 37.0 Å². The first-order valence-corrected chi connectivity index (χ1v) is 4.92. The minimum atomic E-state index is -0.388. The second kappa shape index (κ2) is 5.43. The predicted molar refractivity (Wildman–Crippen MR) is 56.8 cm³/mol. The number of hydrogen-bond acceptors (Lipinski definition) is 2. The van der Waals surface area contributed by atoms with E-state index in [9.17, 15) is 4.79 Å². The Bertz CT molecular complexity index is 263. The van der Waals surface area contributed by atoms with Crippen molar-refractivity contribution in [2.45, 2.75) is 31.8 Å². The zero-order valence-electron chi connectivity index (χ0n) is 8.37. The van der Waals surface area contributed by atoms with Gasteiger partial charge in [-0.05, 0) is 37.3 Å². The van der Waals surface area contributed by atoms with Gasteiger partial charge < -0.3 is 4.74 Å². The first-order chi connectivity index (χ1) is 6.77. The van der Waals surface area contributed by atoms with E-state index in [1.54, 1.807) is 6.08 Å². The molecule has 1 atom stereocenters. The second-order valence-electron chi connectivity index (χ2n) is 3.32. The number of rotatable bonds is 4. The van der Waals surface area contributed by atoms with Crippen LogP contribution in [0.1, 0.15) is 25.7 Å². The Labute approximate surface area is 85.0 Å². The highest BCUT2D eigenvalue weighted by atomic mass is 16.5. The minimum Gasteiger partial charge on any atom is -0.450 e. The van der Waals surface area contributed by atoms with Crippen LogP contribution in [0.3, 0.4) is 0 Å². The lowest BCUT2D eigenvalue weighted by atomic mass is 9.95. The van der Waals surface area contributed by atoms with Crippen LogP contribution >= 0.6 is 0 Å². The largest absolute Gasteiger partial charge is 0.450 e. The Hall–Kier alpha value is -1.31. The van der Waals surface area contributed by atoms with E-state index < -0.39 is 0 Å². The molecule has 0 saturated heterocycles. The second-order valence-corrected chi connectivity index (χ2v) is 3.32. The maximum atomic E-state index is 11.0. The molecule has 0 radical (unpaired) electrons. The number of carbonyl (C=O) groups excluding carboxylic acids is 1. The summed E-state index contributed by atoms with van der Waals surface area (Å²) in [5, 5.41) is 0. The summed E-state index contributed by atoms with van der Waals surface area (Å²) in [5.74, 6) is -0.388. The average molecular weight is 192 g/mol. The van der Waals surface area contributed by atoms with Crippen LogP contribution in [0.2, 0.25) is 0 Å². The molecular weight excluding hydrogens is 176 g/mol. The molecule has 0 N–H and O–H groups in total. The third kappa shape index (κ3) is 2.87. The smallest absolute Gasteiger partial charge is 0.331 e. The van der Waals surface area contributed by atoms with Crippen molar-refractivity contribution in [3.05, 3.63) is 37.0 Å². The first-order valence-electron chi connectivity index (χ1n) is 4.92. The van der Waals surface area contributed by atoms with Crippen molar-refractivity contribution in [2.24, 2.45) is 0 Å². The lowest BCUT2D eigenvalue weighted by Gasteiger charge is -2.19. The van der Waals surface area contributed by atoms with E-state index in [2.05, 4.69) is 19.2 Å². The van der Waals surface area contributed by atoms with Crippen LogP contribution in [0.4, 0.5) is 0 Å². The van der Waals surface area contributed by atoms with Gasteiger partial charge in [0.2, 0.25) is 0 Å². The van der Waals surface area contributed by atoms with Gasteiger partial charge in [0.05, 0.1) is 0 Å². The van der Waals surface area contributed by atoms with Crippen LogP contribution in [-0.2, 0) is 9.53 Å². The minimum absolute atomic E-state index is 0.263. The van der Waals surface area contributed by atoms with E-state index in [0.717, 1.165) is 12.8 Å². The highest BCUT2D eigenvalue weighted by molar-refractivity contribution is 5.81. The summed E-state index contributed by atoms with van der Waals surface area (Å²) in [6.07, 6.45) is 9.20. The lowest BCUT2D eigenvalue weighted by Crippen LogP contribution is -2.17. The zero-order chi connectivity index (χ0) is 10.4. The van der Waals surface area contributed by atoms with Gasteiger partial charge in [0.1, 0.15) is 6.10 Å². The fourth-order valence-electron chi connectivity index (χ4n) is 1.57. The summed E-state index contributed by atoms with van der Waals surface area (Å²) >= 11 is 0. The Morgan fingerprint density at radius 1 is 1.50 bits per heavy atom. The van der Waals surface area contributed by atoms with Crippen LogP contribution < -0.4 is 0 Å². The maximum Gasteiger partial charge on any atom is 0.331 e. The van der Waals surface area contributed by atoms with Crippen molar-refractivity contribution in [1.82, 2.24) is 0 Å². The van der Waals surface area contributed by atoms with Gasteiger partial charge in [-0.2, -0.15) is 0 Å². The molecular formula is C12H16O2. The molecule has 76 valence electrons. The van der Waals surface area contributed by atoms with Crippen LogP contribution in [0.5, 0.6) is 0 Å². The molecule has 1 rings (SSSR count). The molecule has 2 heteroatoms. The van der Waals surface area contributed by atoms with E-state index in [0.29, 0.717) is 0 Å². The molecule has 0 saturated carbocycles. The number of hydrogen-bond donors (Lipinski definition) is 0. The maximum absolute atomic E-state index is 11.0. The van der Waals surface area contributed by atoms with E-state index in [1.165, 1.54) is 24.5 Å². The van der Waals surface area contributed by atoms with Crippen LogP contribution in [0.25, 0.3) is 0 Å². The van der Waals surface area contributed by atoms with E-state index >= 15 is 0 Å². The van der Waals surface area contributed by atoms with Gasteiger partial charge in [-0.1, -0.05) is 19.2 Å². The number of carbonyl (C=O) groups is 1. The molecule has 0 aromatic carbocycles.